The Hall–Kier alpha value is -1.06. The van der Waals surface area contributed by atoms with Gasteiger partial charge in [0.2, 0.25) is 0 Å². The first-order valence-corrected chi connectivity index (χ1v) is 8.04. The summed E-state index contributed by atoms with van der Waals surface area (Å²) in [4.78, 5) is 23.4. The Morgan fingerprint density at radius 3 is 1.55 bits per heavy atom. The van der Waals surface area contributed by atoms with E-state index in [1.165, 1.54) is 0 Å². The van der Waals surface area contributed by atoms with Crippen LogP contribution in [-0.2, 0) is 19.1 Å². The number of carbonyl (C=O) groups excluding carboxylic acids is 2. The average molecular weight is 284 g/mol. The molecular weight excluding hydrogens is 256 g/mol. The second-order valence-electron chi connectivity index (χ2n) is 5.53. The SMILES string of the molecule is CCC1CCCCC(=O)OC(CC)CCCCC(=O)O1. The molecule has 1 fully saturated rings. The lowest BCUT2D eigenvalue weighted by atomic mass is 10.1. The minimum absolute atomic E-state index is 0.00449. The first-order chi connectivity index (χ1) is 9.65. The summed E-state index contributed by atoms with van der Waals surface area (Å²) in [5, 5.41) is 0. The third-order valence-corrected chi connectivity index (χ3v) is 3.82. The van der Waals surface area contributed by atoms with E-state index in [-0.39, 0.29) is 24.1 Å². The highest BCUT2D eigenvalue weighted by Gasteiger charge is 2.16. The van der Waals surface area contributed by atoms with Crippen molar-refractivity contribution in [3.05, 3.63) is 0 Å². The van der Waals surface area contributed by atoms with Crippen LogP contribution in [0.4, 0.5) is 0 Å². The summed E-state index contributed by atoms with van der Waals surface area (Å²) in [6.45, 7) is 4.06. The van der Waals surface area contributed by atoms with Gasteiger partial charge in [-0.25, -0.2) is 0 Å². The van der Waals surface area contributed by atoms with Gasteiger partial charge in [0.25, 0.3) is 0 Å². The first kappa shape index (κ1) is 17.0. The van der Waals surface area contributed by atoms with E-state index >= 15 is 0 Å². The zero-order valence-electron chi connectivity index (χ0n) is 12.9. The van der Waals surface area contributed by atoms with Gasteiger partial charge in [0.1, 0.15) is 12.2 Å². The van der Waals surface area contributed by atoms with Crippen molar-refractivity contribution < 1.29 is 19.1 Å². The molecule has 0 N–H and O–H groups in total. The molecule has 4 nitrogen and oxygen atoms in total. The average Bonchev–Trinajstić information content (AvgIpc) is 2.44. The van der Waals surface area contributed by atoms with Crippen molar-refractivity contribution >= 4 is 11.9 Å². The second kappa shape index (κ2) is 9.78. The van der Waals surface area contributed by atoms with Crippen molar-refractivity contribution in [2.45, 2.75) is 90.3 Å². The number of hydrogen-bond acceptors (Lipinski definition) is 4. The summed E-state index contributed by atoms with van der Waals surface area (Å²) in [6, 6.07) is 0. The molecular formula is C16H28O4. The molecule has 0 aliphatic carbocycles. The van der Waals surface area contributed by atoms with E-state index in [0.717, 1.165) is 51.4 Å². The van der Waals surface area contributed by atoms with E-state index in [1.807, 2.05) is 13.8 Å². The van der Waals surface area contributed by atoms with Gasteiger partial charge < -0.3 is 9.47 Å². The minimum Gasteiger partial charge on any atom is -0.462 e. The topological polar surface area (TPSA) is 52.6 Å². The molecule has 0 bridgehead atoms. The van der Waals surface area contributed by atoms with Crippen LogP contribution in [0, 0.1) is 0 Å². The highest BCUT2D eigenvalue weighted by Crippen LogP contribution is 2.16. The number of carbonyl (C=O) groups is 2. The van der Waals surface area contributed by atoms with Crippen LogP contribution in [0.5, 0.6) is 0 Å². The number of ether oxygens (including phenoxy) is 2. The van der Waals surface area contributed by atoms with Crippen molar-refractivity contribution in [3.63, 3.8) is 0 Å². The number of hydrogen-bond donors (Lipinski definition) is 0. The fourth-order valence-corrected chi connectivity index (χ4v) is 2.47. The van der Waals surface area contributed by atoms with Gasteiger partial charge in [-0.15, -0.1) is 0 Å². The van der Waals surface area contributed by atoms with E-state index in [2.05, 4.69) is 0 Å². The van der Waals surface area contributed by atoms with Crippen molar-refractivity contribution in [2.24, 2.45) is 0 Å². The van der Waals surface area contributed by atoms with Crippen molar-refractivity contribution in [1.82, 2.24) is 0 Å². The fraction of sp³-hybridized carbons (Fsp3) is 0.875. The fourth-order valence-electron chi connectivity index (χ4n) is 2.47. The second-order valence-corrected chi connectivity index (χ2v) is 5.53. The molecule has 1 aliphatic heterocycles. The molecule has 1 aliphatic rings. The lowest BCUT2D eigenvalue weighted by Gasteiger charge is -2.19. The molecule has 0 radical (unpaired) electrons. The number of esters is 2. The van der Waals surface area contributed by atoms with Gasteiger partial charge in [-0.05, 0) is 51.4 Å². The minimum atomic E-state index is -0.0843. The zero-order valence-corrected chi connectivity index (χ0v) is 12.9. The van der Waals surface area contributed by atoms with Gasteiger partial charge in [-0.1, -0.05) is 13.8 Å². The molecule has 20 heavy (non-hydrogen) atoms. The Kier molecular flexibility index (Phi) is 8.31. The molecule has 2 unspecified atom stereocenters. The van der Waals surface area contributed by atoms with E-state index < -0.39 is 0 Å². The van der Waals surface area contributed by atoms with Crippen LogP contribution in [0.25, 0.3) is 0 Å². The normalized spacial score (nSPS) is 27.3. The third kappa shape index (κ3) is 6.92. The number of rotatable bonds is 2. The summed E-state index contributed by atoms with van der Waals surface area (Å²) in [5.41, 5.74) is 0. The van der Waals surface area contributed by atoms with Crippen LogP contribution >= 0.6 is 0 Å². The third-order valence-electron chi connectivity index (χ3n) is 3.82. The highest BCUT2D eigenvalue weighted by molar-refractivity contribution is 5.70. The van der Waals surface area contributed by atoms with E-state index in [0.29, 0.717) is 12.8 Å². The molecule has 1 rings (SSSR count). The highest BCUT2D eigenvalue weighted by atomic mass is 16.5. The maximum absolute atomic E-state index is 11.7. The van der Waals surface area contributed by atoms with Crippen LogP contribution in [0.15, 0.2) is 0 Å². The number of cyclic esters (lactones) is 2. The van der Waals surface area contributed by atoms with Crippen LogP contribution in [0.3, 0.4) is 0 Å². The van der Waals surface area contributed by atoms with E-state index in [1.54, 1.807) is 0 Å². The maximum atomic E-state index is 11.7. The van der Waals surface area contributed by atoms with E-state index in [9.17, 15) is 9.59 Å². The summed E-state index contributed by atoms with van der Waals surface area (Å²) >= 11 is 0. The molecule has 4 heteroatoms. The molecule has 1 heterocycles. The smallest absolute Gasteiger partial charge is 0.306 e. The molecule has 0 aromatic heterocycles. The van der Waals surface area contributed by atoms with Gasteiger partial charge >= 0.3 is 11.9 Å². The van der Waals surface area contributed by atoms with Gasteiger partial charge in [-0.3, -0.25) is 9.59 Å². The molecule has 0 spiro atoms. The standard InChI is InChI=1S/C16H28O4/c1-3-13-9-5-7-12-16(18)20-14(4-2)10-6-8-11-15(17)19-13/h13-14H,3-12H2,1-2H3. The predicted molar refractivity (Wildman–Crippen MR) is 77.3 cm³/mol. The molecule has 0 aromatic carbocycles. The van der Waals surface area contributed by atoms with E-state index in [4.69, 9.17) is 9.47 Å². The molecule has 0 amide bonds. The quantitative estimate of drug-likeness (QED) is 0.724. The van der Waals surface area contributed by atoms with Crippen LogP contribution in [0.2, 0.25) is 0 Å². The van der Waals surface area contributed by atoms with Crippen molar-refractivity contribution in [2.75, 3.05) is 0 Å². The zero-order chi connectivity index (χ0) is 14.8. The lowest BCUT2D eigenvalue weighted by Crippen LogP contribution is -2.20. The Bertz CT molecular complexity index is 271. The summed E-state index contributed by atoms with van der Waals surface area (Å²) in [6.07, 6.45) is 7.74. The Morgan fingerprint density at radius 2 is 1.20 bits per heavy atom. The van der Waals surface area contributed by atoms with Crippen molar-refractivity contribution in [1.29, 1.82) is 0 Å². The van der Waals surface area contributed by atoms with Gasteiger partial charge in [0.05, 0.1) is 0 Å². The molecule has 1 saturated heterocycles. The van der Waals surface area contributed by atoms with Crippen LogP contribution in [-0.4, -0.2) is 24.1 Å². The molecule has 0 aromatic rings. The molecule has 116 valence electrons. The first-order valence-electron chi connectivity index (χ1n) is 8.04. The Labute approximate surface area is 122 Å². The largest absolute Gasteiger partial charge is 0.462 e. The summed E-state index contributed by atoms with van der Waals surface area (Å²) in [5.74, 6) is -0.169. The summed E-state index contributed by atoms with van der Waals surface area (Å²) < 4.78 is 10.9. The lowest BCUT2D eigenvalue weighted by molar-refractivity contribution is -0.152. The summed E-state index contributed by atoms with van der Waals surface area (Å²) in [7, 11) is 0. The predicted octanol–water partition coefficient (Wildman–Crippen LogP) is 3.76. The van der Waals surface area contributed by atoms with Gasteiger partial charge in [-0.2, -0.15) is 0 Å². The van der Waals surface area contributed by atoms with Crippen molar-refractivity contribution in [3.8, 4) is 0 Å². The Balaban J connectivity index is 2.50. The monoisotopic (exact) mass is 284 g/mol. The molecule has 0 saturated carbocycles. The maximum Gasteiger partial charge on any atom is 0.306 e. The molecule has 2 atom stereocenters. The Morgan fingerprint density at radius 1 is 0.800 bits per heavy atom. The van der Waals surface area contributed by atoms with Gasteiger partial charge in [0, 0.05) is 12.8 Å². The van der Waals surface area contributed by atoms with Crippen LogP contribution < -0.4 is 0 Å². The van der Waals surface area contributed by atoms with Gasteiger partial charge in [0.15, 0.2) is 0 Å². The van der Waals surface area contributed by atoms with Crippen LogP contribution in [0.1, 0.15) is 78.1 Å².